The number of halogens is 1. The fraction of sp³-hybridized carbons (Fsp3) is 0.200. The number of ether oxygens (including phenoxy) is 1. The van der Waals surface area contributed by atoms with E-state index in [0.29, 0.717) is 0 Å². The van der Waals surface area contributed by atoms with E-state index in [4.69, 9.17) is 9.84 Å². The highest BCUT2D eigenvalue weighted by Crippen LogP contribution is 2.35. The van der Waals surface area contributed by atoms with Crippen LogP contribution in [0.1, 0.15) is 16.8 Å². The maximum Gasteiger partial charge on any atom is 0.153 e. The summed E-state index contributed by atoms with van der Waals surface area (Å²) in [5.74, 6) is 0.808. The first-order chi connectivity index (χ1) is 13.2. The van der Waals surface area contributed by atoms with E-state index in [1.54, 1.807) is 17.4 Å². The van der Waals surface area contributed by atoms with Gasteiger partial charge in [0.2, 0.25) is 0 Å². The minimum absolute atomic E-state index is 0.731. The van der Waals surface area contributed by atoms with Gasteiger partial charge in [-0.2, -0.15) is 0 Å². The number of aliphatic hydroxyl groups excluding tert-OH is 1. The smallest absolute Gasteiger partial charge is 0.153 e. The normalized spacial score (nSPS) is 12.1. The molecule has 5 nitrogen and oxygen atoms in total. The van der Waals surface area contributed by atoms with E-state index in [2.05, 4.69) is 21.2 Å². The molecular weight excluding hydrogens is 430 g/mol. The Hall–Kier alpha value is -2.22. The van der Waals surface area contributed by atoms with Gasteiger partial charge in [-0.1, -0.05) is 28.1 Å². The lowest BCUT2D eigenvalue weighted by molar-refractivity contribution is -0.104. The van der Waals surface area contributed by atoms with Crippen molar-refractivity contribution in [1.29, 1.82) is 0 Å². The maximum atomic E-state index is 11.1. The zero-order valence-corrected chi connectivity index (χ0v) is 17.5. The van der Waals surface area contributed by atoms with Crippen molar-refractivity contribution in [3.8, 4) is 10.4 Å². The van der Waals surface area contributed by atoms with Crippen LogP contribution in [0.2, 0.25) is 0 Å². The Bertz CT molecular complexity index is 782. The second-order valence-corrected chi connectivity index (χ2v) is 6.80. The first-order valence-corrected chi connectivity index (χ1v) is 9.76. The molecule has 27 heavy (non-hydrogen) atoms. The molecule has 1 aliphatic heterocycles. The van der Waals surface area contributed by atoms with E-state index >= 15 is 0 Å². The Kier molecular flexibility index (Phi) is 11.0. The van der Waals surface area contributed by atoms with Crippen molar-refractivity contribution in [2.75, 3.05) is 26.1 Å². The zero-order valence-electron chi connectivity index (χ0n) is 15.1. The molecular formula is C20H22BrNO4S. The first kappa shape index (κ1) is 22.8. The first-order valence-electron chi connectivity index (χ1n) is 8.09. The summed E-state index contributed by atoms with van der Waals surface area (Å²) >= 11 is 4.97. The summed E-state index contributed by atoms with van der Waals surface area (Å²) in [4.78, 5) is 21.9. The molecule has 0 radical (unpaired) electrons. The molecule has 0 fully saturated rings. The number of aldehydes is 2. The lowest BCUT2D eigenvalue weighted by Gasteiger charge is -2.01. The van der Waals surface area contributed by atoms with Crippen molar-refractivity contribution in [2.45, 2.75) is 6.42 Å². The van der Waals surface area contributed by atoms with Gasteiger partial charge in [0.15, 0.2) is 6.29 Å². The maximum absolute atomic E-state index is 11.1. The quantitative estimate of drug-likeness (QED) is 0.509. The molecule has 7 heteroatoms. The third-order valence-corrected chi connectivity index (χ3v) is 4.97. The van der Waals surface area contributed by atoms with Crippen molar-refractivity contribution in [3.63, 3.8) is 0 Å². The number of allylic oxidation sites excluding steroid dienone is 2. The van der Waals surface area contributed by atoms with Gasteiger partial charge in [0, 0.05) is 35.3 Å². The summed E-state index contributed by atoms with van der Waals surface area (Å²) < 4.78 is 6.11. The zero-order chi connectivity index (χ0) is 20.1. The predicted molar refractivity (Wildman–Crippen MR) is 114 cm³/mol. The van der Waals surface area contributed by atoms with E-state index in [9.17, 15) is 9.59 Å². The monoisotopic (exact) mass is 451 g/mol. The molecule has 1 aromatic heterocycles. The lowest BCUT2D eigenvalue weighted by Crippen LogP contribution is -1.91. The number of aliphatic hydroxyl groups is 1. The Balaban J connectivity index is 0.000000282. The molecule has 0 unspecified atom stereocenters. The van der Waals surface area contributed by atoms with Crippen LogP contribution in [0.25, 0.3) is 10.4 Å². The largest absolute Gasteiger partial charge is 0.494 e. The van der Waals surface area contributed by atoms with Crippen LogP contribution in [-0.2, 0) is 9.53 Å². The number of carbonyl (C=O) groups excluding carboxylic acids is 2. The van der Waals surface area contributed by atoms with Gasteiger partial charge >= 0.3 is 0 Å². The number of rotatable bonds is 5. The van der Waals surface area contributed by atoms with Crippen molar-refractivity contribution in [2.24, 2.45) is 0 Å². The van der Waals surface area contributed by atoms with Gasteiger partial charge in [-0.05, 0) is 35.9 Å². The summed E-state index contributed by atoms with van der Waals surface area (Å²) in [5, 5.41) is 12.0. The average molecular weight is 452 g/mol. The van der Waals surface area contributed by atoms with Crippen LogP contribution in [-0.4, -0.2) is 38.4 Å². The van der Waals surface area contributed by atoms with E-state index in [1.807, 2.05) is 42.8 Å². The molecule has 0 amide bonds. The van der Waals surface area contributed by atoms with Gasteiger partial charge in [0.1, 0.15) is 12.0 Å². The molecule has 0 saturated heterocycles. The Labute approximate surface area is 171 Å². The molecule has 0 aliphatic carbocycles. The lowest BCUT2D eigenvalue weighted by atomic mass is 10.1. The van der Waals surface area contributed by atoms with Crippen molar-refractivity contribution in [3.05, 3.63) is 63.7 Å². The fourth-order valence-corrected chi connectivity index (χ4v) is 3.49. The molecule has 1 aromatic carbocycles. The molecule has 0 saturated carbocycles. The van der Waals surface area contributed by atoms with Gasteiger partial charge in [-0.3, -0.25) is 9.59 Å². The second-order valence-electron chi connectivity index (χ2n) is 5.01. The standard InChI is InChI=1S/C12H10BrNOS.C7H8O2.CH4O/c1-14-11-7-16-12(10(11)6-15)8-2-4-9(13)5-3-8;8-5-1-3-7-4-2-6-9-7;1-2/h2-7,14H,1H3;1,3-5H,2,6H2;2H,1H3/b;3-1+;. The average Bonchev–Trinajstić information content (AvgIpc) is 3.38. The van der Waals surface area contributed by atoms with Crippen LogP contribution in [0.15, 0.2) is 58.1 Å². The number of nitrogens with one attached hydrogen (secondary N) is 1. The molecule has 2 N–H and O–H groups in total. The van der Waals surface area contributed by atoms with E-state index in [1.165, 1.54) is 6.08 Å². The van der Waals surface area contributed by atoms with Gasteiger partial charge in [0.25, 0.3) is 0 Å². The molecule has 2 heterocycles. The summed E-state index contributed by atoms with van der Waals surface area (Å²) in [6.07, 6.45) is 7.65. The molecule has 3 rings (SSSR count). The van der Waals surface area contributed by atoms with E-state index < -0.39 is 0 Å². The second kappa shape index (κ2) is 13.0. The highest BCUT2D eigenvalue weighted by Gasteiger charge is 2.11. The SMILES string of the molecule is CNc1csc(-c2ccc(Br)cc2)c1C=O.CO.O=C/C=C/C1=CCCO1. The van der Waals surface area contributed by atoms with Crippen molar-refractivity contribution < 1.29 is 19.4 Å². The van der Waals surface area contributed by atoms with Crippen LogP contribution in [0, 0.1) is 0 Å². The third kappa shape index (κ3) is 7.13. The summed E-state index contributed by atoms with van der Waals surface area (Å²) in [5.41, 5.74) is 2.68. The molecule has 2 aromatic rings. The molecule has 0 bridgehead atoms. The minimum atomic E-state index is 0.731. The minimum Gasteiger partial charge on any atom is -0.494 e. The van der Waals surface area contributed by atoms with Crippen LogP contribution in [0.4, 0.5) is 5.69 Å². The third-order valence-electron chi connectivity index (χ3n) is 3.39. The Morgan fingerprint density at radius 2 is 1.93 bits per heavy atom. The molecule has 0 spiro atoms. The number of hydrogen-bond acceptors (Lipinski definition) is 6. The number of benzene rings is 1. The fourth-order valence-electron chi connectivity index (χ4n) is 2.19. The van der Waals surface area contributed by atoms with Gasteiger partial charge in [-0.25, -0.2) is 0 Å². The van der Waals surface area contributed by atoms with Crippen LogP contribution < -0.4 is 5.32 Å². The van der Waals surface area contributed by atoms with Crippen molar-refractivity contribution >= 4 is 45.5 Å². The Morgan fingerprint density at radius 1 is 1.22 bits per heavy atom. The van der Waals surface area contributed by atoms with Gasteiger partial charge in [0.05, 0.1) is 17.9 Å². The predicted octanol–water partition coefficient (Wildman–Crippen LogP) is 4.69. The van der Waals surface area contributed by atoms with Crippen molar-refractivity contribution in [1.82, 2.24) is 0 Å². The number of thiophene rings is 1. The summed E-state index contributed by atoms with van der Waals surface area (Å²) in [7, 11) is 2.82. The van der Waals surface area contributed by atoms with Crippen LogP contribution in [0.5, 0.6) is 0 Å². The van der Waals surface area contributed by atoms with Gasteiger partial charge < -0.3 is 15.2 Å². The van der Waals surface area contributed by atoms with Gasteiger partial charge in [-0.15, -0.1) is 11.3 Å². The summed E-state index contributed by atoms with van der Waals surface area (Å²) in [6.45, 7) is 0.749. The van der Waals surface area contributed by atoms with Crippen LogP contribution in [0.3, 0.4) is 0 Å². The Morgan fingerprint density at radius 3 is 2.44 bits per heavy atom. The number of anilines is 1. The topological polar surface area (TPSA) is 75.6 Å². The summed E-state index contributed by atoms with van der Waals surface area (Å²) in [6, 6.07) is 7.95. The highest BCUT2D eigenvalue weighted by atomic mass is 79.9. The molecule has 0 atom stereocenters. The molecule has 144 valence electrons. The molecule has 1 aliphatic rings. The number of hydrogen-bond donors (Lipinski definition) is 2. The van der Waals surface area contributed by atoms with E-state index in [-0.39, 0.29) is 0 Å². The van der Waals surface area contributed by atoms with E-state index in [0.717, 1.165) is 64.6 Å². The number of carbonyl (C=O) groups is 2. The highest BCUT2D eigenvalue weighted by molar-refractivity contribution is 9.10. The van der Waals surface area contributed by atoms with Crippen LogP contribution >= 0.6 is 27.3 Å².